The summed E-state index contributed by atoms with van der Waals surface area (Å²) in [5.41, 5.74) is 1.99. The van der Waals surface area contributed by atoms with Crippen molar-refractivity contribution in [2.75, 3.05) is 5.32 Å². The molecule has 5 aliphatic rings. The minimum absolute atomic E-state index is 0.0724. The van der Waals surface area contributed by atoms with E-state index < -0.39 is 0 Å². The second kappa shape index (κ2) is 11.1. The number of nitrogens with zero attached hydrogens (tertiary/aromatic N) is 1. The highest BCUT2D eigenvalue weighted by atomic mass is 35.5. The highest BCUT2D eigenvalue weighted by molar-refractivity contribution is 6.33. The van der Waals surface area contributed by atoms with Crippen molar-refractivity contribution in [3.05, 3.63) is 46.5 Å². The van der Waals surface area contributed by atoms with Crippen LogP contribution in [-0.4, -0.2) is 33.8 Å². The number of nitrogens with one attached hydrogen (secondary N) is 1. The number of hydrogen-bond donors (Lipinski definition) is 2. The Balaban J connectivity index is 1.13. The van der Waals surface area contributed by atoms with Crippen LogP contribution in [0.15, 0.2) is 40.4 Å². The molecule has 1 aromatic heterocycles. The van der Waals surface area contributed by atoms with Crippen molar-refractivity contribution in [2.24, 2.45) is 50.7 Å². The number of anilines is 1. The fraction of sp³-hybridized carbons (Fsp3) is 0.650. The number of rotatable bonds is 4. The Kier molecular flexibility index (Phi) is 7.81. The number of fused-ring (bicyclic) bond motifs is 7. The summed E-state index contributed by atoms with van der Waals surface area (Å²) in [5, 5.41) is 18.6. The van der Waals surface area contributed by atoms with Crippen LogP contribution >= 0.6 is 11.6 Å². The Hall–Kier alpha value is -2.77. The van der Waals surface area contributed by atoms with E-state index in [2.05, 4.69) is 52.0 Å². The Morgan fingerprint density at radius 1 is 0.958 bits per heavy atom. The van der Waals surface area contributed by atoms with E-state index in [1.807, 2.05) is 6.08 Å². The second-order valence-electron chi connectivity index (χ2n) is 17.4. The molecule has 9 atom stereocenters. The summed E-state index contributed by atoms with van der Waals surface area (Å²) in [7, 11) is 0. The first-order chi connectivity index (χ1) is 22.5. The molecule has 7 rings (SSSR count). The average molecular weight is 675 g/mol. The van der Waals surface area contributed by atoms with Crippen molar-refractivity contribution in [1.82, 2.24) is 5.16 Å². The van der Waals surface area contributed by atoms with E-state index >= 15 is 0 Å². The summed E-state index contributed by atoms with van der Waals surface area (Å²) in [4.78, 5) is 40.0. The van der Waals surface area contributed by atoms with E-state index in [4.69, 9.17) is 16.1 Å². The van der Waals surface area contributed by atoms with Crippen LogP contribution in [0.5, 0.6) is 0 Å². The molecule has 5 aliphatic carbocycles. The van der Waals surface area contributed by atoms with Gasteiger partial charge in [-0.1, -0.05) is 76.0 Å². The molecule has 7 nitrogen and oxygen atoms in total. The molecule has 258 valence electrons. The molecule has 0 spiro atoms. The van der Waals surface area contributed by atoms with Gasteiger partial charge in [0.2, 0.25) is 11.8 Å². The van der Waals surface area contributed by atoms with Crippen molar-refractivity contribution in [2.45, 2.75) is 112 Å². The number of amides is 1. The minimum Gasteiger partial charge on any atom is -0.393 e. The highest BCUT2D eigenvalue weighted by Crippen LogP contribution is 2.77. The first-order valence-electron chi connectivity index (χ1n) is 18.0. The van der Waals surface area contributed by atoms with E-state index in [0.717, 1.165) is 57.8 Å². The Morgan fingerprint density at radius 2 is 1.71 bits per heavy atom. The van der Waals surface area contributed by atoms with Gasteiger partial charge in [-0.2, -0.15) is 0 Å². The Morgan fingerprint density at radius 3 is 2.42 bits per heavy atom. The first kappa shape index (κ1) is 33.7. The van der Waals surface area contributed by atoms with Crippen LogP contribution in [0.4, 0.5) is 5.88 Å². The predicted octanol–water partition coefficient (Wildman–Crippen LogP) is 9.09. The predicted molar refractivity (Wildman–Crippen MR) is 186 cm³/mol. The van der Waals surface area contributed by atoms with Crippen LogP contribution in [0.3, 0.4) is 0 Å². The largest absolute Gasteiger partial charge is 0.393 e. The SMILES string of the molecule is CC(=O)c1ccc(-c2cc(NC(=O)C3CCC4CC[C@]5(C)C(=CC(=O)C6[C@@]7(C)CCC(O)C(C)(C)C7(C)CC[C@]65C)C4C3)on2)c(Cl)c1. The third-order valence-corrected chi connectivity index (χ3v) is 15.9. The van der Waals surface area contributed by atoms with E-state index in [0.29, 0.717) is 27.8 Å². The van der Waals surface area contributed by atoms with Crippen molar-refractivity contribution in [3.8, 4) is 11.3 Å². The maximum atomic E-state index is 14.6. The molecular formula is C40H51ClN2O5. The lowest BCUT2D eigenvalue weighted by Gasteiger charge is -2.73. The van der Waals surface area contributed by atoms with Crippen molar-refractivity contribution in [1.29, 1.82) is 0 Å². The summed E-state index contributed by atoms with van der Waals surface area (Å²) < 4.78 is 5.51. The van der Waals surface area contributed by atoms with Crippen molar-refractivity contribution in [3.63, 3.8) is 0 Å². The molecule has 1 heterocycles. The Bertz CT molecular complexity index is 1730. The van der Waals surface area contributed by atoms with Gasteiger partial charge in [-0.15, -0.1) is 0 Å². The number of halogens is 1. The Labute approximate surface area is 289 Å². The molecule has 4 saturated carbocycles. The number of benzene rings is 1. The zero-order chi connectivity index (χ0) is 34.6. The van der Waals surface area contributed by atoms with Gasteiger partial charge in [0.25, 0.3) is 0 Å². The van der Waals surface area contributed by atoms with Crippen LogP contribution in [0.25, 0.3) is 11.3 Å². The molecule has 0 radical (unpaired) electrons. The number of hydrogen-bond acceptors (Lipinski definition) is 6. The van der Waals surface area contributed by atoms with Gasteiger partial charge in [0.05, 0.1) is 11.1 Å². The van der Waals surface area contributed by atoms with Gasteiger partial charge in [-0.3, -0.25) is 19.7 Å². The number of Topliss-reactive ketones (excluding diaryl/α,β-unsaturated/α-hetero) is 1. The molecule has 4 fully saturated rings. The summed E-state index contributed by atoms with van der Waals surface area (Å²) >= 11 is 6.45. The molecule has 1 aromatic carbocycles. The molecule has 2 aromatic rings. The van der Waals surface area contributed by atoms with Crippen LogP contribution in [0, 0.1) is 50.7 Å². The summed E-state index contributed by atoms with van der Waals surface area (Å²) in [6.07, 6.45) is 9.94. The third kappa shape index (κ3) is 4.55. The van der Waals surface area contributed by atoms with Crippen molar-refractivity contribution >= 4 is 35.0 Å². The standard InChI is InChI=1S/C40H51ClN2O5/c1-22(44)24-10-11-26(29(41)19-24)30-21-33(48-43-30)42-35(47)25-9-8-23-12-14-37(4)28(27(23)18-25)20-31(45)34-38(37,5)16-17-40(7)36(2,3)32(46)13-15-39(34,40)6/h10-11,19-21,23,25,27,32,34,46H,8-9,12-18H2,1-7H3,(H,42,47)/t23?,25?,27?,32?,34?,37-,38-,39-,40?/m1/s1. The van der Waals surface area contributed by atoms with E-state index in [-0.39, 0.29) is 74.3 Å². The van der Waals surface area contributed by atoms with Gasteiger partial charge in [0.15, 0.2) is 11.6 Å². The summed E-state index contributed by atoms with van der Waals surface area (Å²) in [5.74, 6) is 0.761. The average Bonchev–Trinajstić information content (AvgIpc) is 3.49. The first-order valence-corrected chi connectivity index (χ1v) is 18.4. The minimum atomic E-state index is -0.360. The lowest BCUT2D eigenvalue weighted by molar-refractivity contribution is -0.242. The van der Waals surface area contributed by atoms with E-state index in [1.165, 1.54) is 12.5 Å². The molecule has 0 aliphatic heterocycles. The maximum absolute atomic E-state index is 14.6. The van der Waals surface area contributed by atoms with Gasteiger partial charge in [0, 0.05) is 29.0 Å². The fourth-order valence-corrected chi connectivity index (χ4v) is 12.1. The lowest BCUT2D eigenvalue weighted by atomic mass is 9.31. The number of aliphatic hydroxyl groups is 1. The van der Waals surface area contributed by atoms with Crippen LogP contribution in [0.2, 0.25) is 5.02 Å². The zero-order valence-electron chi connectivity index (χ0n) is 29.5. The summed E-state index contributed by atoms with van der Waals surface area (Å²) in [6.45, 7) is 15.5. The highest BCUT2D eigenvalue weighted by Gasteiger charge is 2.72. The smallest absolute Gasteiger partial charge is 0.231 e. The molecule has 0 bridgehead atoms. The number of carbonyl (C=O) groups excluding carboxylic acids is 3. The number of aliphatic hydroxyl groups excluding tert-OH is 1. The van der Waals surface area contributed by atoms with Gasteiger partial charge in [-0.25, -0.2) is 0 Å². The number of carbonyl (C=O) groups is 3. The van der Waals surface area contributed by atoms with Gasteiger partial charge in [0.1, 0.15) is 5.69 Å². The second-order valence-corrected chi connectivity index (χ2v) is 17.8. The normalized spacial score (nSPS) is 40.1. The van der Waals surface area contributed by atoms with Crippen LogP contribution in [-0.2, 0) is 9.59 Å². The molecule has 1 amide bonds. The number of aromatic nitrogens is 1. The fourth-order valence-electron chi connectivity index (χ4n) is 11.8. The molecule has 6 unspecified atom stereocenters. The lowest BCUT2D eigenvalue weighted by Crippen LogP contribution is -2.69. The van der Waals surface area contributed by atoms with E-state index in [9.17, 15) is 19.5 Å². The van der Waals surface area contributed by atoms with Gasteiger partial charge >= 0.3 is 0 Å². The topological polar surface area (TPSA) is 110 Å². The summed E-state index contributed by atoms with van der Waals surface area (Å²) in [6, 6.07) is 6.72. The monoisotopic (exact) mass is 674 g/mol. The van der Waals surface area contributed by atoms with Gasteiger partial charge < -0.3 is 9.63 Å². The quantitative estimate of drug-likeness (QED) is 0.313. The molecule has 48 heavy (non-hydrogen) atoms. The van der Waals surface area contributed by atoms with Gasteiger partial charge in [-0.05, 0) is 116 Å². The molecular weight excluding hydrogens is 624 g/mol. The molecule has 0 saturated heterocycles. The molecule has 8 heteroatoms. The van der Waals surface area contributed by atoms with Crippen LogP contribution in [0.1, 0.15) is 117 Å². The molecule has 2 N–H and O–H groups in total. The third-order valence-electron chi connectivity index (χ3n) is 15.5. The number of ketones is 2. The van der Waals surface area contributed by atoms with Crippen LogP contribution < -0.4 is 5.32 Å². The number of allylic oxidation sites excluding steroid dienone is 2. The maximum Gasteiger partial charge on any atom is 0.231 e. The van der Waals surface area contributed by atoms with Crippen molar-refractivity contribution < 1.29 is 24.0 Å². The van der Waals surface area contributed by atoms with E-state index in [1.54, 1.807) is 24.3 Å². The zero-order valence-corrected chi connectivity index (χ0v) is 30.3.